The molecule has 0 spiro atoms. The van der Waals surface area contributed by atoms with Gasteiger partial charge in [0.15, 0.2) is 0 Å². The number of hydrogen-bond acceptors (Lipinski definition) is 3. The lowest BCUT2D eigenvalue weighted by Gasteiger charge is -2.43. The molecule has 4 aromatic carbocycles. The minimum Gasteiger partial charge on any atom is -0.378 e. The van der Waals surface area contributed by atoms with E-state index in [0.717, 1.165) is 17.2 Å². The zero-order valence-electron chi connectivity index (χ0n) is 23.2. The molecule has 2 amide bonds. The van der Waals surface area contributed by atoms with Crippen LogP contribution in [0.4, 0.5) is 11.4 Å². The molecule has 7 rings (SSSR count). The molecule has 1 aliphatic heterocycles. The van der Waals surface area contributed by atoms with Crippen molar-refractivity contribution in [2.45, 2.75) is 44.2 Å². The predicted octanol–water partition coefficient (Wildman–Crippen LogP) is 7.73. The molecule has 1 heterocycles. The summed E-state index contributed by atoms with van der Waals surface area (Å²) >= 11 is 0. The molecule has 2 aliphatic carbocycles. The summed E-state index contributed by atoms with van der Waals surface area (Å²) in [5, 5.41) is 9.96. The number of anilines is 2. The normalized spacial score (nSPS) is 24.5. The highest BCUT2D eigenvalue weighted by atomic mass is 16.2. The van der Waals surface area contributed by atoms with E-state index in [-0.39, 0.29) is 17.9 Å². The van der Waals surface area contributed by atoms with Crippen LogP contribution in [0.3, 0.4) is 0 Å². The molecule has 2 fully saturated rings. The number of benzene rings is 4. The SMILES string of the molecule is C[C@H](NC(=O)c1ccccc1NC(=O)c1ccc2c(c1)[C@@H]1[C@H]3CC[C@@H](C3)[C@H]1[C@@H](c1ccccc1)N2)c1ccccc1. The summed E-state index contributed by atoms with van der Waals surface area (Å²) in [5.41, 5.74) is 6.36. The van der Waals surface area contributed by atoms with E-state index in [2.05, 4.69) is 58.4 Å². The van der Waals surface area contributed by atoms with Gasteiger partial charge in [-0.05, 0) is 96.9 Å². The second-order valence-electron chi connectivity index (χ2n) is 11.9. The highest BCUT2D eigenvalue weighted by molar-refractivity contribution is 6.09. The Morgan fingerprint density at radius 3 is 2.32 bits per heavy atom. The number of para-hydroxylation sites is 1. The van der Waals surface area contributed by atoms with Crippen LogP contribution < -0.4 is 16.0 Å². The van der Waals surface area contributed by atoms with Crippen molar-refractivity contribution in [3.05, 3.63) is 131 Å². The topological polar surface area (TPSA) is 70.2 Å². The van der Waals surface area contributed by atoms with Crippen molar-refractivity contribution in [1.82, 2.24) is 5.32 Å². The minimum atomic E-state index is -0.219. The Balaban J connectivity index is 1.14. The monoisotopic (exact) mass is 541 g/mol. The molecule has 3 aliphatic rings. The largest absolute Gasteiger partial charge is 0.378 e. The van der Waals surface area contributed by atoms with Crippen molar-refractivity contribution in [2.75, 3.05) is 10.6 Å². The third kappa shape index (κ3) is 4.69. The van der Waals surface area contributed by atoms with Gasteiger partial charge in [-0.15, -0.1) is 0 Å². The van der Waals surface area contributed by atoms with Crippen molar-refractivity contribution in [1.29, 1.82) is 0 Å². The summed E-state index contributed by atoms with van der Waals surface area (Å²) in [6, 6.07) is 34.1. The average molecular weight is 542 g/mol. The Morgan fingerprint density at radius 2 is 1.51 bits per heavy atom. The maximum atomic E-state index is 13.6. The lowest BCUT2D eigenvalue weighted by molar-refractivity contribution is 0.0940. The van der Waals surface area contributed by atoms with E-state index in [1.807, 2.05) is 55.5 Å². The fourth-order valence-electron chi connectivity index (χ4n) is 7.70. The van der Waals surface area contributed by atoms with E-state index in [0.29, 0.717) is 40.6 Å². The van der Waals surface area contributed by atoms with E-state index in [1.165, 1.54) is 30.4 Å². The second kappa shape index (κ2) is 10.5. The summed E-state index contributed by atoms with van der Waals surface area (Å²) in [6.07, 6.45) is 3.85. The molecule has 2 bridgehead atoms. The molecule has 0 saturated heterocycles. The predicted molar refractivity (Wildman–Crippen MR) is 163 cm³/mol. The molecular formula is C36H35N3O2. The van der Waals surface area contributed by atoms with Crippen LogP contribution in [0.5, 0.6) is 0 Å². The van der Waals surface area contributed by atoms with Crippen molar-refractivity contribution in [3.63, 3.8) is 0 Å². The van der Waals surface area contributed by atoms with Gasteiger partial charge in [0, 0.05) is 11.3 Å². The van der Waals surface area contributed by atoms with Gasteiger partial charge in [0.2, 0.25) is 0 Å². The van der Waals surface area contributed by atoms with Crippen molar-refractivity contribution >= 4 is 23.2 Å². The standard InChI is InChI=1S/C36H35N3O2/c1-22(23-10-4-2-5-11-23)37-36(41)28-14-8-9-15-30(28)39-35(40)27-18-19-31-29(21-27)32-25-16-17-26(20-25)33(32)34(38-31)24-12-6-3-7-13-24/h2-15,18-19,21-22,25-26,32-34,38H,16-17,20H2,1H3,(H,37,41)(H,39,40)/t22-,25-,26-,32-,33+,34+/m0/s1. The number of carbonyl (C=O) groups excluding carboxylic acids is 2. The van der Waals surface area contributed by atoms with Crippen LogP contribution in [-0.2, 0) is 0 Å². The molecule has 3 N–H and O–H groups in total. The molecule has 0 radical (unpaired) electrons. The van der Waals surface area contributed by atoms with Crippen LogP contribution in [0.25, 0.3) is 0 Å². The fraction of sp³-hybridized carbons (Fsp3) is 0.278. The number of nitrogens with one attached hydrogen (secondary N) is 3. The zero-order chi connectivity index (χ0) is 27.9. The number of fused-ring (bicyclic) bond motifs is 7. The van der Waals surface area contributed by atoms with Gasteiger partial charge in [0.05, 0.1) is 23.3 Å². The van der Waals surface area contributed by atoms with Crippen LogP contribution in [0.15, 0.2) is 103 Å². The van der Waals surface area contributed by atoms with E-state index in [9.17, 15) is 9.59 Å². The van der Waals surface area contributed by atoms with Crippen molar-refractivity contribution < 1.29 is 9.59 Å². The van der Waals surface area contributed by atoms with Gasteiger partial charge in [0.25, 0.3) is 11.8 Å². The van der Waals surface area contributed by atoms with E-state index >= 15 is 0 Å². The van der Waals surface area contributed by atoms with Crippen LogP contribution in [0.2, 0.25) is 0 Å². The number of amides is 2. The summed E-state index contributed by atoms with van der Waals surface area (Å²) in [6.45, 7) is 1.96. The Kier molecular flexibility index (Phi) is 6.58. The summed E-state index contributed by atoms with van der Waals surface area (Å²) in [4.78, 5) is 26.8. The van der Waals surface area contributed by atoms with E-state index in [1.54, 1.807) is 12.1 Å². The van der Waals surface area contributed by atoms with Crippen LogP contribution >= 0.6 is 0 Å². The van der Waals surface area contributed by atoms with E-state index < -0.39 is 0 Å². The molecule has 0 unspecified atom stereocenters. The van der Waals surface area contributed by atoms with E-state index in [4.69, 9.17) is 0 Å². The summed E-state index contributed by atoms with van der Waals surface area (Å²) in [5.74, 6) is 1.97. The summed E-state index contributed by atoms with van der Waals surface area (Å²) < 4.78 is 0. The van der Waals surface area contributed by atoms with Gasteiger partial charge >= 0.3 is 0 Å². The lowest BCUT2D eigenvalue weighted by atomic mass is 9.68. The first-order chi connectivity index (χ1) is 20.1. The molecule has 5 heteroatoms. The first-order valence-electron chi connectivity index (χ1n) is 14.8. The van der Waals surface area contributed by atoms with Crippen LogP contribution in [-0.4, -0.2) is 11.8 Å². The number of hydrogen-bond donors (Lipinski definition) is 3. The van der Waals surface area contributed by atoms with Crippen LogP contribution in [0, 0.1) is 17.8 Å². The average Bonchev–Trinajstić information content (AvgIpc) is 3.65. The molecule has 6 atom stereocenters. The molecule has 206 valence electrons. The lowest BCUT2D eigenvalue weighted by Crippen LogP contribution is -2.35. The highest BCUT2D eigenvalue weighted by Crippen LogP contribution is 2.63. The maximum absolute atomic E-state index is 13.6. The Morgan fingerprint density at radius 1 is 0.805 bits per heavy atom. The van der Waals surface area contributed by atoms with Crippen molar-refractivity contribution in [3.8, 4) is 0 Å². The highest BCUT2D eigenvalue weighted by Gasteiger charge is 2.53. The third-order valence-electron chi connectivity index (χ3n) is 9.58. The molecule has 2 saturated carbocycles. The Hall–Kier alpha value is -4.38. The molecule has 4 aromatic rings. The van der Waals surface area contributed by atoms with Gasteiger partial charge in [-0.1, -0.05) is 72.8 Å². The fourth-order valence-corrected chi connectivity index (χ4v) is 7.70. The minimum absolute atomic E-state index is 0.157. The maximum Gasteiger partial charge on any atom is 0.255 e. The van der Waals surface area contributed by atoms with Gasteiger partial charge in [0.1, 0.15) is 0 Å². The Bertz CT molecular complexity index is 1590. The van der Waals surface area contributed by atoms with Gasteiger partial charge < -0.3 is 16.0 Å². The smallest absolute Gasteiger partial charge is 0.255 e. The molecular weight excluding hydrogens is 506 g/mol. The van der Waals surface area contributed by atoms with Gasteiger partial charge in [-0.3, -0.25) is 9.59 Å². The van der Waals surface area contributed by atoms with Gasteiger partial charge in [-0.25, -0.2) is 0 Å². The first-order valence-corrected chi connectivity index (χ1v) is 14.8. The van der Waals surface area contributed by atoms with Crippen LogP contribution in [0.1, 0.15) is 81.6 Å². The third-order valence-corrected chi connectivity index (χ3v) is 9.58. The first kappa shape index (κ1) is 25.6. The molecule has 5 nitrogen and oxygen atoms in total. The second-order valence-corrected chi connectivity index (χ2v) is 11.9. The zero-order valence-corrected chi connectivity index (χ0v) is 23.2. The number of rotatable bonds is 6. The molecule has 0 aromatic heterocycles. The van der Waals surface area contributed by atoms with Gasteiger partial charge in [-0.2, -0.15) is 0 Å². The van der Waals surface area contributed by atoms with Crippen molar-refractivity contribution in [2.24, 2.45) is 17.8 Å². The quantitative estimate of drug-likeness (QED) is 0.234. The Labute approximate surface area is 241 Å². The number of carbonyl (C=O) groups is 2. The summed E-state index contributed by atoms with van der Waals surface area (Å²) in [7, 11) is 0. The molecule has 41 heavy (non-hydrogen) atoms.